The average Bonchev–Trinajstić information content (AvgIpc) is 2.77. The van der Waals surface area contributed by atoms with Crippen LogP contribution in [-0.2, 0) is 0 Å². The summed E-state index contributed by atoms with van der Waals surface area (Å²) in [6.45, 7) is 2.28. The van der Waals surface area contributed by atoms with Crippen LogP contribution in [0.4, 0.5) is 0 Å². The minimum absolute atomic E-state index is 0.459. The van der Waals surface area contributed by atoms with Crippen molar-refractivity contribution in [3.8, 4) is 0 Å². The lowest BCUT2D eigenvalue weighted by Crippen LogP contribution is -2.48. The minimum atomic E-state index is 0.459. The van der Waals surface area contributed by atoms with Gasteiger partial charge < -0.3 is 5.32 Å². The third-order valence-corrected chi connectivity index (χ3v) is 5.19. The Bertz CT molecular complexity index is 437. The van der Waals surface area contributed by atoms with Crippen LogP contribution in [0.25, 0.3) is 0 Å². The summed E-state index contributed by atoms with van der Waals surface area (Å²) in [6, 6.07) is 10.1. The molecule has 1 fully saturated rings. The smallest absolute Gasteiger partial charge is 0.0294 e. The molecule has 0 bridgehead atoms. The first-order chi connectivity index (χ1) is 8.78. The number of nitrogens with one attached hydrogen (secondary N) is 1. The molecule has 18 heavy (non-hydrogen) atoms. The zero-order chi connectivity index (χ0) is 12.5. The van der Waals surface area contributed by atoms with Crippen molar-refractivity contribution in [1.82, 2.24) is 5.32 Å². The van der Waals surface area contributed by atoms with Crippen molar-refractivity contribution in [2.75, 3.05) is 6.26 Å². The number of allylic oxidation sites excluding steroid dienone is 1. The molecule has 0 saturated heterocycles. The van der Waals surface area contributed by atoms with Crippen LogP contribution in [0.2, 0.25) is 0 Å². The van der Waals surface area contributed by atoms with Crippen LogP contribution in [0.15, 0.2) is 41.3 Å². The van der Waals surface area contributed by atoms with Gasteiger partial charge in [0.1, 0.15) is 0 Å². The standard InChI is InChI=1S/C16H21NS/c1-11(12-6-8-14(18-2)9-7-12)17-16-10-13-4-3-5-15(13)16/h3,5-9,11,13,15-17H,4,10H2,1-2H3. The molecule has 0 spiro atoms. The molecule has 2 heteroatoms. The lowest BCUT2D eigenvalue weighted by molar-refractivity contribution is 0.152. The van der Waals surface area contributed by atoms with E-state index in [-0.39, 0.29) is 0 Å². The van der Waals surface area contributed by atoms with E-state index in [1.165, 1.54) is 23.3 Å². The molecule has 1 nitrogen and oxygen atoms in total. The molecule has 1 N–H and O–H groups in total. The van der Waals surface area contributed by atoms with E-state index in [0.29, 0.717) is 12.1 Å². The summed E-state index contributed by atoms with van der Waals surface area (Å²) in [4.78, 5) is 1.34. The number of thioether (sulfide) groups is 1. The minimum Gasteiger partial charge on any atom is -0.307 e. The summed E-state index contributed by atoms with van der Waals surface area (Å²) in [5.74, 6) is 1.74. The third-order valence-electron chi connectivity index (χ3n) is 4.44. The quantitative estimate of drug-likeness (QED) is 0.647. The normalized spacial score (nSPS) is 30.9. The highest BCUT2D eigenvalue weighted by Gasteiger charge is 2.41. The van der Waals surface area contributed by atoms with Gasteiger partial charge in [-0.05, 0) is 55.6 Å². The molecule has 2 aliphatic carbocycles. The highest BCUT2D eigenvalue weighted by molar-refractivity contribution is 7.98. The second-order valence-corrected chi connectivity index (χ2v) is 6.38. The molecule has 0 heterocycles. The number of benzene rings is 1. The van der Waals surface area contributed by atoms with E-state index >= 15 is 0 Å². The van der Waals surface area contributed by atoms with Crippen LogP contribution in [0.5, 0.6) is 0 Å². The van der Waals surface area contributed by atoms with E-state index in [1.54, 1.807) is 11.8 Å². The van der Waals surface area contributed by atoms with Crippen molar-refractivity contribution >= 4 is 11.8 Å². The van der Waals surface area contributed by atoms with Gasteiger partial charge in [-0.25, -0.2) is 0 Å². The molecule has 1 aromatic rings. The van der Waals surface area contributed by atoms with E-state index in [4.69, 9.17) is 0 Å². The van der Waals surface area contributed by atoms with E-state index in [0.717, 1.165) is 11.8 Å². The highest BCUT2D eigenvalue weighted by atomic mass is 32.2. The fraction of sp³-hybridized carbons (Fsp3) is 0.500. The molecule has 1 aromatic carbocycles. The van der Waals surface area contributed by atoms with Crippen LogP contribution < -0.4 is 5.32 Å². The Morgan fingerprint density at radius 1 is 1.28 bits per heavy atom. The first-order valence-electron chi connectivity index (χ1n) is 6.84. The highest BCUT2D eigenvalue weighted by Crippen LogP contribution is 2.43. The maximum atomic E-state index is 3.78. The Labute approximate surface area is 114 Å². The largest absolute Gasteiger partial charge is 0.307 e. The Morgan fingerprint density at radius 2 is 2.06 bits per heavy atom. The van der Waals surface area contributed by atoms with Crippen molar-refractivity contribution in [1.29, 1.82) is 0 Å². The molecule has 0 aliphatic heterocycles. The van der Waals surface area contributed by atoms with Crippen molar-refractivity contribution in [2.24, 2.45) is 11.8 Å². The summed E-state index contributed by atoms with van der Waals surface area (Å²) in [5, 5.41) is 3.78. The lowest BCUT2D eigenvalue weighted by Gasteiger charge is -2.42. The topological polar surface area (TPSA) is 12.0 Å². The number of fused-ring (bicyclic) bond motifs is 1. The Hall–Kier alpha value is -0.730. The molecule has 4 unspecified atom stereocenters. The van der Waals surface area contributed by atoms with Crippen LogP contribution in [0.3, 0.4) is 0 Å². The summed E-state index contributed by atoms with van der Waals surface area (Å²) >= 11 is 1.80. The predicted molar refractivity (Wildman–Crippen MR) is 78.9 cm³/mol. The van der Waals surface area contributed by atoms with E-state index in [1.807, 2.05) is 0 Å². The molecule has 4 atom stereocenters. The lowest BCUT2D eigenvalue weighted by atomic mass is 9.71. The summed E-state index contributed by atoms with van der Waals surface area (Å²) in [7, 11) is 0. The van der Waals surface area contributed by atoms with Crippen LogP contribution in [0.1, 0.15) is 31.4 Å². The van der Waals surface area contributed by atoms with Gasteiger partial charge in [0.15, 0.2) is 0 Å². The zero-order valence-electron chi connectivity index (χ0n) is 11.1. The first-order valence-corrected chi connectivity index (χ1v) is 8.07. The fourth-order valence-electron chi connectivity index (χ4n) is 3.22. The molecule has 0 radical (unpaired) electrons. The van der Waals surface area contributed by atoms with Gasteiger partial charge in [0.05, 0.1) is 0 Å². The monoisotopic (exact) mass is 259 g/mol. The van der Waals surface area contributed by atoms with E-state index < -0.39 is 0 Å². The summed E-state index contributed by atoms with van der Waals surface area (Å²) in [6.07, 6.45) is 9.55. The third kappa shape index (κ3) is 2.24. The summed E-state index contributed by atoms with van der Waals surface area (Å²) in [5.41, 5.74) is 1.40. The molecular weight excluding hydrogens is 238 g/mol. The fourth-order valence-corrected chi connectivity index (χ4v) is 3.63. The Kier molecular flexibility index (Phi) is 3.49. The van der Waals surface area contributed by atoms with Gasteiger partial charge in [-0.1, -0.05) is 24.3 Å². The molecule has 0 amide bonds. The van der Waals surface area contributed by atoms with Gasteiger partial charge in [0.25, 0.3) is 0 Å². The van der Waals surface area contributed by atoms with Crippen LogP contribution in [-0.4, -0.2) is 12.3 Å². The van der Waals surface area contributed by atoms with Gasteiger partial charge >= 0.3 is 0 Å². The Morgan fingerprint density at radius 3 is 2.72 bits per heavy atom. The van der Waals surface area contributed by atoms with Crippen molar-refractivity contribution in [3.05, 3.63) is 42.0 Å². The van der Waals surface area contributed by atoms with Crippen LogP contribution >= 0.6 is 11.8 Å². The molecule has 0 aromatic heterocycles. The van der Waals surface area contributed by atoms with Crippen molar-refractivity contribution in [3.63, 3.8) is 0 Å². The second kappa shape index (κ2) is 5.10. The Balaban J connectivity index is 1.60. The number of hydrogen-bond donors (Lipinski definition) is 1. The zero-order valence-corrected chi connectivity index (χ0v) is 11.9. The van der Waals surface area contributed by atoms with Gasteiger partial charge in [0.2, 0.25) is 0 Å². The van der Waals surface area contributed by atoms with Gasteiger partial charge in [0, 0.05) is 17.0 Å². The SMILES string of the molecule is CSc1ccc(C(C)NC2CC3CC=CC32)cc1. The number of hydrogen-bond acceptors (Lipinski definition) is 2. The summed E-state index contributed by atoms with van der Waals surface area (Å²) < 4.78 is 0. The van der Waals surface area contributed by atoms with Gasteiger partial charge in [-0.3, -0.25) is 0 Å². The predicted octanol–water partition coefficient (Wildman–Crippen LogP) is 4.02. The second-order valence-electron chi connectivity index (χ2n) is 5.50. The molecule has 2 aliphatic rings. The molecule has 1 saturated carbocycles. The molecule has 3 rings (SSSR count). The first kappa shape index (κ1) is 12.3. The van der Waals surface area contributed by atoms with Crippen molar-refractivity contribution < 1.29 is 0 Å². The van der Waals surface area contributed by atoms with Gasteiger partial charge in [-0.2, -0.15) is 0 Å². The maximum Gasteiger partial charge on any atom is 0.0294 e. The van der Waals surface area contributed by atoms with Gasteiger partial charge in [-0.15, -0.1) is 11.8 Å². The van der Waals surface area contributed by atoms with E-state index in [2.05, 4.69) is 54.9 Å². The van der Waals surface area contributed by atoms with E-state index in [9.17, 15) is 0 Å². The van der Waals surface area contributed by atoms with Crippen molar-refractivity contribution in [2.45, 2.75) is 36.7 Å². The molecule has 96 valence electrons. The average molecular weight is 259 g/mol. The number of rotatable bonds is 4. The maximum absolute atomic E-state index is 3.78. The molecular formula is C16H21NS. The van der Waals surface area contributed by atoms with Crippen LogP contribution in [0, 0.1) is 11.8 Å².